The van der Waals surface area contributed by atoms with Crippen LogP contribution in [0, 0.1) is 27.8 Å². The normalized spacial score (nSPS) is 23.6. The molecule has 6 nitrogen and oxygen atoms in total. The van der Waals surface area contributed by atoms with Gasteiger partial charge in [0.05, 0.1) is 11.0 Å². The predicted octanol–water partition coefficient (Wildman–Crippen LogP) is 1.84. The molecule has 120 valence electrons. The molecule has 0 bridgehead atoms. The molecular weight excluding hydrogens is 313 g/mol. The van der Waals surface area contributed by atoms with Gasteiger partial charge in [0, 0.05) is 13.1 Å². The first-order valence-corrected chi connectivity index (χ1v) is 7.00. The second kappa shape index (κ2) is 6.58. The lowest BCUT2D eigenvalue weighted by Crippen LogP contribution is -2.43. The van der Waals surface area contributed by atoms with Crippen LogP contribution in [0.3, 0.4) is 0 Å². The fourth-order valence-electron chi connectivity index (χ4n) is 3.23. The number of nitrogens with zero attached hydrogens (tertiary/aromatic N) is 2. The predicted molar refractivity (Wildman–Crippen MR) is 80.7 cm³/mol. The van der Waals surface area contributed by atoms with Crippen LogP contribution in [0.25, 0.3) is 0 Å². The molecular formula is C14H17ClFN3O3. The van der Waals surface area contributed by atoms with Crippen LogP contribution in [0.2, 0.25) is 0 Å². The van der Waals surface area contributed by atoms with E-state index in [0.717, 1.165) is 31.6 Å². The van der Waals surface area contributed by atoms with Gasteiger partial charge in [-0.2, -0.15) is 0 Å². The van der Waals surface area contributed by atoms with Crippen LogP contribution in [-0.2, 0) is 0 Å². The number of nitrogens with one attached hydrogen (secondary N) is 1. The highest BCUT2D eigenvalue weighted by Crippen LogP contribution is 2.29. The summed E-state index contributed by atoms with van der Waals surface area (Å²) < 4.78 is 13.2. The topological polar surface area (TPSA) is 75.5 Å². The summed E-state index contributed by atoms with van der Waals surface area (Å²) in [4.78, 5) is 24.4. The molecule has 2 heterocycles. The van der Waals surface area contributed by atoms with Gasteiger partial charge in [-0.25, -0.2) is 4.39 Å². The molecule has 2 saturated heterocycles. The van der Waals surface area contributed by atoms with Crippen molar-refractivity contribution in [1.29, 1.82) is 0 Å². The molecule has 1 N–H and O–H groups in total. The Morgan fingerprint density at radius 1 is 1.36 bits per heavy atom. The SMILES string of the molecule is Cl.O=C(c1ccc(F)cc1[N+](=O)[O-])N1CCC2CNCC2C1. The average Bonchev–Trinajstić information content (AvgIpc) is 2.93. The number of carbonyl (C=O) groups excluding carboxylic acids is 1. The van der Waals surface area contributed by atoms with Gasteiger partial charge in [-0.3, -0.25) is 14.9 Å². The maximum Gasteiger partial charge on any atom is 0.285 e. The molecule has 1 aromatic rings. The van der Waals surface area contributed by atoms with E-state index < -0.39 is 16.4 Å². The first-order valence-electron chi connectivity index (χ1n) is 7.00. The molecule has 0 spiro atoms. The van der Waals surface area contributed by atoms with E-state index in [0.29, 0.717) is 24.9 Å². The first kappa shape index (κ1) is 16.6. The Bertz CT molecular complexity index is 599. The van der Waals surface area contributed by atoms with Gasteiger partial charge in [-0.05, 0) is 43.5 Å². The standard InChI is InChI=1S/C14H16FN3O3.ClH/c15-11-1-2-12(13(5-11)18(20)21)14(19)17-4-3-9-6-16-7-10(9)8-17;/h1-2,5,9-10,16H,3-4,6-8H2;1H. The van der Waals surface area contributed by atoms with Crippen molar-refractivity contribution < 1.29 is 14.1 Å². The van der Waals surface area contributed by atoms with Crippen LogP contribution in [0.4, 0.5) is 10.1 Å². The number of amides is 1. The van der Waals surface area contributed by atoms with Gasteiger partial charge >= 0.3 is 0 Å². The third-order valence-electron chi connectivity index (χ3n) is 4.38. The number of carbonyl (C=O) groups is 1. The fourth-order valence-corrected chi connectivity index (χ4v) is 3.23. The van der Waals surface area contributed by atoms with E-state index in [2.05, 4.69) is 5.32 Å². The Morgan fingerprint density at radius 3 is 2.82 bits per heavy atom. The van der Waals surface area contributed by atoms with Crippen LogP contribution >= 0.6 is 12.4 Å². The van der Waals surface area contributed by atoms with Crippen molar-refractivity contribution in [3.8, 4) is 0 Å². The molecule has 0 radical (unpaired) electrons. The number of halogens is 2. The summed E-state index contributed by atoms with van der Waals surface area (Å²) >= 11 is 0. The Labute approximate surface area is 133 Å². The lowest BCUT2D eigenvalue weighted by molar-refractivity contribution is -0.385. The zero-order valence-electron chi connectivity index (χ0n) is 11.8. The van der Waals surface area contributed by atoms with E-state index in [-0.39, 0.29) is 23.9 Å². The molecule has 2 atom stereocenters. The molecule has 1 aromatic carbocycles. The largest absolute Gasteiger partial charge is 0.338 e. The van der Waals surface area contributed by atoms with Crippen molar-refractivity contribution in [3.63, 3.8) is 0 Å². The molecule has 2 unspecified atom stereocenters. The van der Waals surface area contributed by atoms with E-state index >= 15 is 0 Å². The Morgan fingerprint density at radius 2 is 2.09 bits per heavy atom. The zero-order valence-corrected chi connectivity index (χ0v) is 12.6. The number of nitro benzene ring substituents is 1. The number of likely N-dealkylation sites (tertiary alicyclic amines) is 1. The zero-order chi connectivity index (χ0) is 15.0. The molecule has 2 aliphatic rings. The molecule has 3 rings (SSSR count). The minimum atomic E-state index is -0.711. The summed E-state index contributed by atoms with van der Waals surface area (Å²) in [5.41, 5.74) is -0.502. The number of piperidine rings is 1. The first-order chi connectivity index (χ1) is 10.1. The third kappa shape index (κ3) is 3.05. The van der Waals surface area contributed by atoms with Crippen LogP contribution in [0.5, 0.6) is 0 Å². The highest BCUT2D eigenvalue weighted by atomic mass is 35.5. The minimum Gasteiger partial charge on any atom is -0.338 e. The van der Waals surface area contributed by atoms with Crippen molar-refractivity contribution in [2.24, 2.45) is 11.8 Å². The van der Waals surface area contributed by atoms with Gasteiger partial charge in [-0.15, -0.1) is 12.4 Å². The summed E-state index contributed by atoms with van der Waals surface area (Å²) in [7, 11) is 0. The molecule has 0 saturated carbocycles. The van der Waals surface area contributed by atoms with Crippen LogP contribution in [-0.4, -0.2) is 41.9 Å². The Kier molecular flexibility index (Phi) is 4.97. The summed E-state index contributed by atoms with van der Waals surface area (Å²) in [5.74, 6) is -0.108. The van der Waals surface area contributed by atoms with Crippen molar-refractivity contribution in [3.05, 3.63) is 39.7 Å². The monoisotopic (exact) mass is 329 g/mol. The molecule has 0 aliphatic carbocycles. The van der Waals surface area contributed by atoms with E-state index in [1.165, 1.54) is 6.07 Å². The molecule has 0 aromatic heterocycles. The number of hydrogen-bond donors (Lipinski definition) is 1. The lowest BCUT2D eigenvalue weighted by Gasteiger charge is -2.34. The van der Waals surface area contributed by atoms with Crippen LogP contribution < -0.4 is 5.32 Å². The fraction of sp³-hybridized carbons (Fsp3) is 0.500. The minimum absolute atomic E-state index is 0. The lowest BCUT2D eigenvalue weighted by atomic mass is 9.88. The van der Waals surface area contributed by atoms with E-state index in [1.807, 2.05) is 0 Å². The number of fused-ring (bicyclic) bond motifs is 1. The number of rotatable bonds is 2. The van der Waals surface area contributed by atoms with Gasteiger partial charge < -0.3 is 10.2 Å². The highest BCUT2D eigenvalue weighted by molar-refractivity contribution is 5.98. The summed E-state index contributed by atoms with van der Waals surface area (Å²) in [6.45, 7) is 3.05. The second-order valence-electron chi connectivity index (χ2n) is 5.64. The summed E-state index contributed by atoms with van der Waals surface area (Å²) in [6.07, 6.45) is 0.901. The maximum atomic E-state index is 13.2. The molecule has 8 heteroatoms. The Hall–Kier alpha value is -1.73. The second-order valence-corrected chi connectivity index (χ2v) is 5.64. The quantitative estimate of drug-likeness (QED) is 0.663. The Balaban J connectivity index is 0.00000176. The van der Waals surface area contributed by atoms with Gasteiger partial charge in [0.1, 0.15) is 11.4 Å². The van der Waals surface area contributed by atoms with Crippen molar-refractivity contribution >= 4 is 24.0 Å². The highest BCUT2D eigenvalue weighted by Gasteiger charge is 2.36. The van der Waals surface area contributed by atoms with Crippen molar-refractivity contribution in [1.82, 2.24) is 10.2 Å². The molecule has 1 amide bonds. The van der Waals surface area contributed by atoms with E-state index in [4.69, 9.17) is 0 Å². The van der Waals surface area contributed by atoms with Crippen molar-refractivity contribution in [2.75, 3.05) is 26.2 Å². The number of benzene rings is 1. The number of nitro groups is 1. The summed E-state index contributed by atoms with van der Waals surface area (Å²) in [5, 5.41) is 14.3. The maximum absolute atomic E-state index is 13.2. The van der Waals surface area contributed by atoms with Gasteiger partial charge in [-0.1, -0.05) is 0 Å². The number of hydrogen-bond acceptors (Lipinski definition) is 4. The van der Waals surface area contributed by atoms with Gasteiger partial charge in [0.25, 0.3) is 11.6 Å². The smallest absolute Gasteiger partial charge is 0.285 e. The molecule has 22 heavy (non-hydrogen) atoms. The van der Waals surface area contributed by atoms with Crippen LogP contribution in [0.1, 0.15) is 16.8 Å². The average molecular weight is 330 g/mol. The third-order valence-corrected chi connectivity index (χ3v) is 4.38. The molecule has 2 fully saturated rings. The van der Waals surface area contributed by atoms with E-state index in [1.54, 1.807) is 4.90 Å². The van der Waals surface area contributed by atoms with Crippen LogP contribution in [0.15, 0.2) is 18.2 Å². The summed E-state index contributed by atoms with van der Waals surface area (Å²) in [6, 6.07) is 3.09. The van der Waals surface area contributed by atoms with Gasteiger partial charge in [0.15, 0.2) is 0 Å². The van der Waals surface area contributed by atoms with E-state index in [9.17, 15) is 19.3 Å². The molecule has 2 aliphatic heterocycles. The van der Waals surface area contributed by atoms with Crippen molar-refractivity contribution in [2.45, 2.75) is 6.42 Å². The van der Waals surface area contributed by atoms with Gasteiger partial charge in [0.2, 0.25) is 0 Å².